The number of halogens is 3. The molecule has 1 aromatic heterocycles. The first-order valence-corrected chi connectivity index (χ1v) is 4.55. The molecular weight excluding hydrogens is 234 g/mol. The number of amides is 1. The van der Waals surface area contributed by atoms with Crippen molar-refractivity contribution in [2.24, 2.45) is 0 Å². The molecule has 0 radical (unpaired) electrons. The van der Waals surface area contributed by atoms with Gasteiger partial charge in [0.05, 0.1) is 5.02 Å². The molecule has 70 valence electrons. The van der Waals surface area contributed by atoms with Crippen molar-refractivity contribution in [3.63, 3.8) is 0 Å². The van der Waals surface area contributed by atoms with Crippen LogP contribution in [0.3, 0.4) is 0 Å². The van der Waals surface area contributed by atoms with Gasteiger partial charge < -0.3 is 5.32 Å². The molecule has 3 nitrogen and oxygen atoms in total. The van der Waals surface area contributed by atoms with Crippen molar-refractivity contribution in [2.45, 2.75) is 4.84 Å². The smallest absolute Gasteiger partial charge is 0.258 e. The van der Waals surface area contributed by atoms with Gasteiger partial charge in [0.1, 0.15) is 5.82 Å². The normalized spacial score (nSPS) is 10.2. The number of carbonyl (C=O) groups is 1. The summed E-state index contributed by atoms with van der Waals surface area (Å²) in [6, 6.07) is 3.15. The molecule has 0 fully saturated rings. The topological polar surface area (TPSA) is 42.0 Å². The SMILES string of the molecule is O=C(Nc1ccc(Cl)cn1)C(Cl)Cl. The summed E-state index contributed by atoms with van der Waals surface area (Å²) in [6.07, 6.45) is 1.41. The highest BCUT2D eigenvalue weighted by atomic mass is 35.5. The minimum absolute atomic E-state index is 0.362. The Morgan fingerprint density at radius 3 is 2.62 bits per heavy atom. The van der Waals surface area contributed by atoms with Gasteiger partial charge in [-0.2, -0.15) is 0 Å². The minimum Gasteiger partial charge on any atom is -0.308 e. The van der Waals surface area contributed by atoms with E-state index in [1.807, 2.05) is 0 Å². The number of aromatic nitrogens is 1. The molecule has 0 saturated heterocycles. The molecule has 1 rings (SSSR count). The zero-order valence-corrected chi connectivity index (χ0v) is 8.57. The van der Waals surface area contributed by atoms with Gasteiger partial charge in [-0.3, -0.25) is 4.79 Å². The first-order chi connectivity index (χ1) is 6.09. The number of hydrogen-bond acceptors (Lipinski definition) is 2. The summed E-state index contributed by atoms with van der Waals surface area (Å²) in [5, 5.41) is 2.89. The van der Waals surface area contributed by atoms with Crippen LogP contribution in [0.4, 0.5) is 5.82 Å². The maximum absolute atomic E-state index is 10.9. The summed E-state index contributed by atoms with van der Waals surface area (Å²) in [5.41, 5.74) is 0. The van der Waals surface area contributed by atoms with Crippen molar-refractivity contribution < 1.29 is 4.79 Å². The number of carbonyl (C=O) groups excluding carboxylic acids is 1. The van der Waals surface area contributed by atoms with Gasteiger partial charge in [-0.05, 0) is 12.1 Å². The van der Waals surface area contributed by atoms with Crippen LogP contribution in [0.15, 0.2) is 18.3 Å². The first kappa shape index (κ1) is 10.6. The van der Waals surface area contributed by atoms with Crippen LogP contribution in [0.5, 0.6) is 0 Å². The van der Waals surface area contributed by atoms with Crippen LogP contribution in [-0.4, -0.2) is 15.7 Å². The monoisotopic (exact) mass is 238 g/mol. The average Bonchev–Trinajstić information content (AvgIpc) is 2.08. The van der Waals surface area contributed by atoms with Crippen molar-refractivity contribution in [3.8, 4) is 0 Å². The van der Waals surface area contributed by atoms with E-state index in [4.69, 9.17) is 34.8 Å². The maximum Gasteiger partial charge on any atom is 0.258 e. The molecule has 1 N–H and O–H groups in total. The third-order valence-corrected chi connectivity index (χ3v) is 1.80. The highest BCUT2D eigenvalue weighted by molar-refractivity contribution is 6.54. The number of pyridine rings is 1. The van der Waals surface area contributed by atoms with Gasteiger partial charge in [-0.1, -0.05) is 34.8 Å². The molecule has 0 bridgehead atoms. The number of nitrogens with zero attached hydrogens (tertiary/aromatic N) is 1. The molecule has 1 heterocycles. The second kappa shape index (κ2) is 4.65. The fourth-order valence-corrected chi connectivity index (χ4v) is 0.851. The Bertz CT molecular complexity index is 299. The second-order valence-corrected chi connectivity index (χ2v) is 3.68. The third kappa shape index (κ3) is 3.38. The average molecular weight is 239 g/mol. The number of rotatable bonds is 2. The molecule has 1 aromatic rings. The minimum atomic E-state index is -1.10. The van der Waals surface area contributed by atoms with Crippen LogP contribution in [0.2, 0.25) is 5.02 Å². The van der Waals surface area contributed by atoms with Gasteiger partial charge >= 0.3 is 0 Å². The van der Waals surface area contributed by atoms with E-state index in [2.05, 4.69) is 10.3 Å². The zero-order valence-electron chi connectivity index (χ0n) is 6.30. The van der Waals surface area contributed by atoms with Crippen LogP contribution in [0.1, 0.15) is 0 Å². The van der Waals surface area contributed by atoms with Gasteiger partial charge in [-0.15, -0.1) is 0 Å². The molecule has 1 amide bonds. The van der Waals surface area contributed by atoms with Gasteiger partial charge in [0.2, 0.25) is 0 Å². The Labute approximate surface area is 90.0 Å². The lowest BCUT2D eigenvalue weighted by molar-refractivity contribution is -0.114. The fourth-order valence-electron chi connectivity index (χ4n) is 0.631. The Morgan fingerprint density at radius 2 is 2.15 bits per heavy atom. The van der Waals surface area contributed by atoms with Crippen molar-refractivity contribution in [3.05, 3.63) is 23.4 Å². The van der Waals surface area contributed by atoms with E-state index in [0.717, 1.165) is 0 Å². The van der Waals surface area contributed by atoms with Crippen LogP contribution in [0.25, 0.3) is 0 Å². The number of hydrogen-bond donors (Lipinski definition) is 1. The van der Waals surface area contributed by atoms with E-state index in [-0.39, 0.29) is 0 Å². The molecule has 0 aliphatic rings. The molecule has 0 aliphatic heterocycles. The van der Waals surface area contributed by atoms with Gasteiger partial charge in [0, 0.05) is 6.20 Å². The predicted octanol–water partition coefficient (Wildman–Crippen LogP) is 2.48. The number of nitrogens with one attached hydrogen (secondary N) is 1. The molecule has 0 aliphatic carbocycles. The summed E-state index contributed by atoms with van der Waals surface area (Å²) < 4.78 is 0. The Hall–Kier alpha value is -0.510. The number of alkyl halides is 2. The van der Waals surface area contributed by atoms with E-state index < -0.39 is 10.7 Å². The second-order valence-electron chi connectivity index (χ2n) is 2.15. The van der Waals surface area contributed by atoms with Gasteiger partial charge in [0.25, 0.3) is 5.91 Å². The van der Waals surface area contributed by atoms with E-state index >= 15 is 0 Å². The number of anilines is 1. The lowest BCUT2D eigenvalue weighted by Crippen LogP contribution is -2.19. The van der Waals surface area contributed by atoms with Crippen molar-refractivity contribution in [1.29, 1.82) is 0 Å². The Morgan fingerprint density at radius 1 is 1.46 bits per heavy atom. The third-order valence-electron chi connectivity index (χ3n) is 1.18. The van der Waals surface area contributed by atoms with E-state index in [1.165, 1.54) is 6.20 Å². The molecule has 0 spiro atoms. The van der Waals surface area contributed by atoms with Crippen LogP contribution >= 0.6 is 34.8 Å². The molecule has 13 heavy (non-hydrogen) atoms. The molecule has 6 heteroatoms. The summed E-state index contributed by atoms with van der Waals surface area (Å²) in [5.74, 6) is -0.154. The van der Waals surface area contributed by atoms with Crippen molar-refractivity contribution in [1.82, 2.24) is 4.98 Å². The molecule has 0 aromatic carbocycles. The quantitative estimate of drug-likeness (QED) is 0.806. The van der Waals surface area contributed by atoms with Crippen LogP contribution in [-0.2, 0) is 4.79 Å². The summed E-state index contributed by atoms with van der Waals surface area (Å²) in [4.78, 5) is 13.7. The highest BCUT2D eigenvalue weighted by Gasteiger charge is 2.11. The summed E-state index contributed by atoms with van der Waals surface area (Å²) in [7, 11) is 0. The molecule has 0 atom stereocenters. The Kier molecular flexibility index (Phi) is 3.78. The Balaban J connectivity index is 2.65. The standard InChI is InChI=1S/C7H5Cl3N2O/c8-4-1-2-5(11-3-4)12-7(13)6(9)10/h1-3,6H,(H,11,12,13). The van der Waals surface area contributed by atoms with E-state index in [1.54, 1.807) is 12.1 Å². The van der Waals surface area contributed by atoms with Crippen LogP contribution in [0, 0.1) is 0 Å². The maximum atomic E-state index is 10.9. The fraction of sp³-hybridized carbons (Fsp3) is 0.143. The van der Waals surface area contributed by atoms with Gasteiger partial charge in [-0.25, -0.2) is 4.98 Å². The van der Waals surface area contributed by atoms with E-state index in [0.29, 0.717) is 10.8 Å². The van der Waals surface area contributed by atoms with Crippen LogP contribution < -0.4 is 5.32 Å². The summed E-state index contributed by atoms with van der Waals surface area (Å²) >= 11 is 16.2. The molecule has 0 unspecified atom stereocenters. The van der Waals surface area contributed by atoms with E-state index in [9.17, 15) is 4.79 Å². The van der Waals surface area contributed by atoms with Gasteiger partial charge in [0.15, 0.2) is 4.84 Å². The van der Waals surface area contributed by atoms with Crippen molar-refractivity contribution in [2.75, 3.05) is 5.32 Å². The highest BCUT2D eigenvalue weighted by Crippen LogP contribution is 2.11. The zero-order chi connectivity index (χ0) is 9.84. The largest absolute Gasteiger partial charge is 0.308 e. The predicted molar refractivity (Wildman–Crippen MR) is 53.4 cm³/mol. The van der Waals surface area contributed by atoms with Crippen molar-refractivity contribution >= 4 is 46.5 Å². The molecular formula is C7H5Cl3N2O. The first-order valence-electron chi connectivity index (χ1n) is 3.30. The lowest BCUT2D eigenvalue weighted by atomic mass is 10.4. The molecule has 0 saturated carbocycles. The lowest BCUT2D eigenvalue weighted by Gasteiger charge is -2.03. The summed E-state index contributed by atoms with van der Waals surface area (Å²) in [6.45, 7) is 0.